The van der Waals surface area contributed by atoms with Gasteiger partial charge in [0.05, 0.1) is 0 Å². The minimum Gasteiger partial charge on any atom is -0.512 e. The zero-order valence-corrected chi connectivity index (χ0v) is 9.63. The van der Waals surface area contributed by atoms with E-state index in [1.54, 1.807) is 12.2 Å². The minimum atomic E-state index is -0.545. The SMILES string of the molecule is CCCCCC=CC=CC=C(O)C(O)=CO. The molecule has 0 rings (SSSR count). The number of rotatable bonds is 7. The van der Waals surface area contributed by atoms with Crippen molar-refractivity contribution in [3.8, 4) is 0 Å². The molecular weight excluding hydrogens is 204 g/mol. The number of hydrogen-bond acceptors (Lipinski definition) is 3. The molecule has 0 heterocycles. The van der Waals surface area contributed by atoms with Crippen LogP contribution in [0.3, 0.4) is 0 Å². The highest BCUT2D eigenvalue weighted by Crippen LogP contribution is 2.01. The van der Waals surface area contributed by atoms with Crippen LogP contribution in [0.4, 0.5) is 0 Å². The number of aliphatic hydroxyl groups is 3. The number of allylic oxidation sites excluding steroid dienone is 5. The minimum absolute atomic E-state index is 0.363. The van der Waals surface area contributed by atoms with Crippen LogP contribution in [0.2, 0.25) is 0 Å². The van der Waals surface area contributed by atoms with Crippen LogP contribution in [0.25, 0.3) is 0 Å². The molecule has 0 aromatic heterocycles. The highest BCUT2D eigenvalue weighted by Gasteiger charge is 1.95. The molecule has 0 fully saturated rings. The number of aliphatic hydroxyl groups excluding tert-OH is 3. The molecule has 0 amide bonds. The monoisotopic (exact) mass is 224 g/mol. The third kappa shape index (κ3) is 7.74. The molecule has 90 valence electrons. The zero-order chi connectivity index (χ0) is 12.2. The summed E-state index contributed by atoms with van der Waals surface area (Å²) in [5.74, 6) is -0.908. The molecule has 0 aliphatic carbocycles. The van der Waals surface area contributed by atoms with E-state index < -0.39 is 5.76 Å². The van der Waals surface area contributed by atoms with E-state index in [2.05, 4.69) is 13.0 Å². The first kappa shape index (κ1) is 14.4. The second-order valence-electron chi connectivity index (χ2n) is 3.38. The van der Waals surface area contributed by atoms with Gasteiger partial charge in [-0.2, -0.15) is 0 Å². The van der Waals surface area contributed by atoms with Crippen molar-refractivity contribution in [3.05, 3.63) is 48.2 Å². The lowest BCUT2D eigenvalue weighted by Crippen LogP contribution is -1.85. The van der Waals surface area contributed by atoms with Crippen LogP contribution in [0, 0.1) is 0 Å². The molecule has 16 heavy (non-hydrogen) atoms. The maximum atomic E-state index is 9.10. The predicted molar refractivity (Wildman–Crippen MR) is 66.5 cm³/mol. The van der Waals surface area contributed by atoms with Gasteiger partial charge in [-0.1, -0.05) is 44.1 Å². The molecule has 0 radical (unpaired) electrons. The van der Waals surface area contributed by atoms with Crippen LogP contribution in [-0.2, 0) is 0 Å². The van der Waals surface area contributed by atoms with Gasteiger partial charge in [0.15, 0.2) is 11.5 Å². The topological polar surface area (TPSA) is 60.7 Å². The van der Waals surface area contributed by atoms with Gasteiger partial charge in [-0.25, -0.2) is 0 Å². The Kier molecular flexibility index (Phi) is 8.88. The summed E-state index contributed by atoms with van der Waals surface area (Å²) < 4.78 is 0. The first-order valence-electron chi connectivity index (χ1n) is 5.48. The first-order chi connectivity index (χ1) is 7.72. The van der Waals surface area contributed by atoms with E-state index in [-0.39, 0.29) is 5.76 Å². The smallest absolute Gasteiger partial charge is 0.192 e. The van der Waals surface area contributed by atoms with E-state index in [1.165, 1.54) is 25.3 Å². The van der Waals surface area contributed by atoms with Crippen LogP contribution in [0.5, 0.6) is 0 Å². The summed E-state index contributed by atoms with van der Waals surface area (Å²) in [4.78, 5) is 0. The molecule has 0 bridgehead atoms. The zero-order valence-electron chi connectivity index (χ0n) is 9.63. The van der Waals surface area contributed by atoms with Crippen LogP contribution in [-0.4, -0.2) is 15.3 Å². The summed E-state index contributed by atoms with van der Waals surface area (Å²) in [6.07, 6.45) is 13.7. The number of hydrogen-bond donors (Lipinski definition) is 3. The van der Waals surface area contributed by atoms with Gasteiger partial charge in [0.2, 0.25) is 0 Å². The molecule has 0 spiro atoms. The molecule has 3 heteroatoms. The van der Waals surface area contributed by atoms with Crippen molar-refractivity contribution >= 4 is 0 Å². The molecule has 0 unspecified atom stereocenters. The van der Waals surface area contributed by atoms with Crippen molar-refractivity contribution in [1.29, 1.82) is 0 Å². The Morgan fingerprint density at radius 1 is 1.00 bits per heavy atom. The fourth-order valence-electron chi connectivity index (χ4n) is 1.05. The van der Waals surface area contributed by atoms with Crippen LogP contribution < -0.4 is 0 Å². The number of unbranched alkanes of at least 4 members (excludes halogenated alkanes) is 3. The predicted octanol–water partition coefficient (Wildman–Crippen LogP) is 4.08. The highest BCUT2D eigenvalue weighted by molar-refractivity contribution is 5.22. The summed E-state index contributed by atoms with van der Waals surface area (Å²) in [6.45, 7) is 2.17. The summed E-state index contributed by atoms with van der Waals surface area (Å²) in [6, 6.07) is 0. The van der Waals surface area contributed by atoms with Crippen molar-refractivity contribution in [2.24, 2.45) is 0 Å². The average molecular weight is 224 g/mol. The summed E-state index contributed by atoms with van der Waals surface area (Å²) in [5.41, 5.74) is 0. The molecule has 0 aliphatic heterocycles. The van der Waals surface area contributed by atoms with E-state index in [0.29, 0.717) is 6.26 Å². The van der Waals surface area contributed by atoms with E-state index in [9.17, 15) is 0 Å². The molecule has 0 saturated heterocycles. The lowest BCUT2D eigenvalue weighted by atomic mass is 10.2. The fourth-order valence-corrected chi connectivity index (χ4v) is 1.05. The highest BCUT2D eigenvalue weighted by atomic mass is 16.3. The lowest BCUT2D eigenvalue weighted by Gasteiger charge is -1.93. The van der Waals surface area contributed by atoms with Gasteiger partial charge in [0.25, 0.3) is 0 Å². The molecule has 3 nitrogen and oxygen atoms in total. The van der Waals surface area contributed by atoms with Gasteiger partial charge in [0.1, 0.15) is 6.26 Å². The third-order valence-electron chi connectivity index (χ3n) is 1.97. The van der Waals surface area contributed by atoms with Crippen molar-refractivity contribution in [1.82, 2.24) is 0 Å². The summed E-state index contributed by atoms with van der Waals surface area (Å²) in [7, 11) is 0. The second-order valence-corrected chi connectivity index (χ2v) is 3.38. The Morgan fingerprint density at radius 2 is 1.75 bits per heavy atom. The summed E-state index contributed by atoms with van der Waals surface area (Å²) >= 11 is 0. The average Bonchev–Trinajstić information content (AvgIpc) is 2.31. The Bertz CT molecular complexity index is 286. The van der Waals surface area contributed by atoms with Crippen LogP contribution >= 0.6 is 0 Å². The van der Waals surface area contributed by atoms with Gasteiger partial charge in [-0.15, -0.1) is 0 Å². The van der Waals surface area contributed by atoms with Gasteiger partial charge >= 0.3 is 0 Å². The standard InChI is InChI=1S/C13H20O3/c1-2-3-4-5-6-7-8-9-10-12(15)13(16)11-14/h6-11,14-16H,2-5H2,1H3. The molecule has 0 aliphatic rings. The molecule has 0 atom stereocenters. The molecule has 0 saturated carbocycles. The van der Waals surface area contributed by atoms with Crippen molar-refractivity contribution in [2.75, 3.05) is 0 Å². The van der Waals surface area contributed by atoms with E-state index in [4.69, 9.17) is 15.3 Å². The van der Waals surface area contributed by atoms with Crippen molar-refractivity contribution in [3.63, 3.8) is 0 Å². The molecule has 0 aromatic carbocycles. The van der Waals surface area contributed by atoms with Crippen molar-refractivity contribution in [2.45, 2.75) is 32.6 Å². The van der Waals surface area contributed by atoms with E-state index in [1.807, 2.05) is 6.08 Å². The van der Waals surface area contributed by atoms with Gasteiger partial charge in [0, 0.05) is 0 Å². The quantitative estimate of drug-likeness (QED) is 0.347. The Hall–Kier alpha value is -1.64. The van der Waals surface area contributed by atoms with Gasteiger partial charge in [-0.05, 0) is 18.9 Å². The maximum absolute atomic E-state index is 9.10. The Morgan fingerprint density at radius 3 is 2.38 bits per heavy atom. The van der Waals surface area contributed by atoms with Crippen molar-refractivity contribution < 1.29 is 15.3 Å². The molecular formula is C13H20O3. The van der Waals surface area contributed by atoms with Gasteiger partial charge in [-0.3, -0.25) is 0 Å². The van der Waals surface area contributed by atoms with E-state index in [0.717, 1.165) is 6.42 Å². The Balaban J connectivity index is 3.84. The second kappa shape index (κ2) is 9.90. The summed E-state index contributed by atoms with van der Waals surface area (Å²) in [5, 5.41) is 26.3. The maximum Gasteiger partial charge on any atom is 0.192 e. The normalized spacial score (nSPS) is 14.1. The van der Waals surface area contributed by atoms with E-state index >= 15 is 0 Å². The van der Waals surface area contributed by atoms with Gasteiger partial charge < -0.3 is 15.3 Å². The molecule has 3 N–H and O–H groups in total. The fraction of sp³-hybridized carbons (Fsp3) is 0.385. The molecule has 0 aromatic rings. The third-order valence-corrected chi connectivity index (χ3v) is 1.97. The Labute approximate surface area is 96.7 Å². The first-order valence-corrected chi connectivity index (χ1v) is 5.48. The van der Waals surface area contributed by atoms with Crippen LogP contribution in [0.15, 0.2) is 48.2 Å². The van der Waals surface area contributed by atoms with Crippen LogP contribution in [0.1, 0.15) is 32.6 Å². The largest absolute Gasteiger partial charge is 0.512 e. The lowest BCUT2D eigenvalue weighted by molar-refractivity contribution is 0.304.